The first kappa shape index (κ1) is 11.6. The van der Waals surface area contributed by atoms with Crippen molar-refractivity contribution in [3.05, 3.63) is 46.2 Å². The summed E-state index contributed by atoms with van der Waals surface area (Å²) in [5.74, 6) is -0.371. The van der Waals surface area contributed by atoms with Gasteiger partial charge in [-0.05, 0) is 19.1 Å². The van der Waals surface area contributed by atoms with E-state index >= 15 is 0 Å². The highest BCUT2D eigenvalue weighted by molar-refractivity contribution is 7.13. The molecule has 3 nitrogen and oxygen atoms in total. The number of hydrogen-bond donors (Lipinski definition) is 1. The minimum Gasteiger partial charge on any atom is -0.357 e. The monoisotopic (exact) mass is 247 g/mol. The van der Waals surface area contributed by atoms with E-state index in [2.05, 4.69) is 10.3 Å². The second-order valence-electron chi connectivity index (χ2n) is 3.57. The molecule has 5 heteroatoms. The molecule has 1 heterocycles. The molecular formula is C12H10FN3S. The van der Waals surface area contributed by atoms with Crippen LogP contribution in [0.5, 0.6) is 0 Å². The van der Waals surface area contributed by atoms with Crippen molar-refractivity contribution in [1.82, 2.24) is 4.98 Å². The Morgan fingerprint density at radius 2 is 2.35 bits per heavy atom. The molecule has 0 saturated carbocycles. The normalized spacial score (nSPS) is 9.94. The molecule has 0 fully saturated rings. The van der Waals surface area contributed by atoms with Gasteiger partial charge in [0.25, 0.3) is 0 Å². The zero-order valence-electron chi connectivity index (χ0n) is 9.20. The maximum absolute atomic E-state index is 13.5. The van der Waals surface area contributed by atoms with Crippen LogP contribution >= 0.6 is 11.3 Å². The fraction of sp³-hybridized carbons (Fsp3) is 0.167. The SMILES string of the molecule is Cc1csc(NCc2ccc(C#N)cc2F)n1. The fourth-order valence-electron chi connectivity index (χ4n) is 1.37. The molecule has 0 spiro atoms. The van der Waals surface area contributed by atoms with Crippen molar-refractivity contribution in [1.29, 1.82) is 5.26 Å². The first-order valence-corrected chi connectivity index (χ1v) is 5.91. The highest BCUT2D eigenvalue weighted by Crippen LogP contribution is 2.17. The first-order valence-electron chi connectivity index (χ1n) is 5.03. The second kappa shape index (κ2) is 4.93. The number of nitriles is 1. The average molecular weight is 247 g/mol. The topological polar surface area (TPSA) is 48.7 Å². The number of aryl methyl sites for hydroxylation is 1. The Kier molecular flexibility index (Phi) is 3.35. The lowest BCUT2D eigenvalue weighted by Gasteiger charge is -2.04. The summed E-state index contributed by atoms with van der Waals surface area (Å²) in [6.07, 6.45) is 0. The first-order chi connectivity index (χ1) is 8.19. The van der Waals surface area contributed by atoms with E-state index in [1.54, 1.807) is 12.1 Å². The van der Waals surface area contributed by atoms with Gasteiger partial charge in [0.1, 0.15) is 5.82 Å². The van der Waals surface area contributed by atoms with Crippen molar-refractivity contribution >= 4 is 16.5 Å². The van der Waals surface area contributed by atoms with Crippen LogP contribution in [0.25, 0.3) is 0 Å². The van der Waals surface area contributed by atoms with Gasteiger partial charge in [-0.15, -0.1) is 11.3 Å². The van der Waals surface area contributed by atoms with Crippen LogP contribution in [-0.2, 0) is 6.54 Å². The summed E-state index contributed by atoms with van der Waals surface area (Å²) in [6, 6.07) is 6.36. The largest absolute Gasteiger partial charge is 0.357 e. The summed E-state index contributed by atoms with van der Waals surface area (Å²) >= 11 is 1.49. The minimum absolute atomic E-state index is 0.330. The molecule has 0 radical (unpaired) electrons. The molecule has 1 N–H and O–H groups in total. The summed E-state index contributed by atoms with van der Waals surface area (Å²) in [6.45, 7) is 2.27. The van der Waals surface area contributed by atoms with Crippen molar-refractivity contribution in [3.63, 3.8) is 0 Å². The summed E-state index contributed by atoms with van der Waals surface area (Å²) in [5, 5.41) is 14.4. The van der Waals surface area contributed by atoms with Crippen molar-refractivity contribution in [2.45, 2.75) is 13.5 Å². The lowest BCUT2D eigenvalue weighted by Crippen LogP contribution is -2.01. The van der Waals surface area contributed by atoms with E-state index in [-0.39, 0.29) is 5.82 Å². The van der Waals surface area contributed by atoms with Gasteiger partial charge < -0.3 is 5.32 Å². The average Bonchev–Trinajstić information content (AvgIpc) is 2.73. The molecule has 0 atom stereocenters. The Balaban J connectivity index is 2.07. The third kappa shape index (κ3) is 2.80. The van der Waals surface area contributed by atoms with E-state index in [9.17, 15) is 4.39 Å². The Morgan fingerprint density at radius 1 is 1.53 bits per heavy atom. The molecule has 1 aromatic carbocycles. The zero-order chi connectivity index (χ0) is 12.3. The maximum atomic E-state index is 13.5. The van der Waals surface area contributed by atoms with Gasteiger partial charge in [0.05, 0.1) is 17.3 Å². The number of nitrogens with one attached hydrogen (secondary N) is 1. The number of benzene rings is 1. The fourth-order valence-corrected chi connectivity index (χ4v) is 2.05. The number of anilines is 1. The highest BCUT2D eigenvalue weighted by Gasteiger charge is 2.04. The predicted octanol–water partition coefficient (Wildman–Crippen LogP) is 3.07. The summed E-state index contributed by atoms with van der Waals surface area (Å²) < 4.78 is 13.5. The molecule has 17 heavy (non-hydrogen) atoms. The van der Waals surface area contributed by atoms with Crippen molar-refractivity contribution in [2.24, 2.45) is 0 Å². The van der Waals surface area contributed by atoms with Gasteiger partial charge >= 0.3 is 0 Å². The molecule has 0 aliphatic carbocycles. The standard InChI is InChI=1S/C12H10FN3S/c1-8-7-17-12(16-8)15-6-10-3-2-9(5-14)4-11(10)13/h2-4,7H,6H2,1H3,(H,15,16). The molecule has 0 bridgehead atoms. The van der Waals surface area contributed by atoms with Crippen LogP contribution in [0, 0.1) is 24.1 Å². The van der Waals surface area contributed by atoms with E-state index in [0.29, 0.717) is 17.7 Å². The van der Waals surface area contributed by atoms with Gasteiger partial charge in [0.15, 0.2) is 5.13 Å². The van der Waals surface area contributed by atoms with Crippen LogP contribution in [0.4, 0.5) is 9.52 Å². The van der Waals surface area contributed by atoms with Crippen LogP contribution in [0.3, 0.4) is 0 Å². The molecule has 0 unspecified atom stereocenters. The molecular weight excluding hydrogens is 237 g/mol. The third-order valence-electron chi connectivity index (χ3n) is 2.23. The van der Waals surface area contributed by atoms with Gasteiger partial charge in [-0.2, -0.15) is 5.26 Å². The van der Waals surface area contributed by atoms with Crippen LogP contribution in [0.2, 0.25) is 0 Å². The molecule has 2 aromatic rings. The number of hydrogen-bond acceptors (Lipinski definition) is 4. The lowest BCUT2D eigenvalue weighted by atomic mass is 10.1. The quantitative estimate of drug-likeness (QED) is 0.906. The van der Waals surface area contributed by atoms with Crippen LogP contribution in [-0.4, -0.2) is 4.98 Å². The highest BCUT2D eigenvalue weighted by atomic mass is 32.1. The zero-order valence-corrected chi connectivity index (χ0v) is 10.0. The number of halogens is 1. The third-order valence-corrected chi connectivity index (χ3v) is 3.15. The van der Waals surface area contributed by atoms with Crippen molar-refractivity contribution < 1.29 is 4.39 Å². The second-order valence-corrected chi connectivity index (χ2v) is 4.42. The Morgan fingerprint density at radius 3 is 2.94 bits per heavy atom. The number of nitrogens with zero attached hydrogens (tertiary/aromatic N) is 2. The Bertz CT molecular complexity index is 571. The molecule has 1 aromatic heterocycles. The summed E-state index contributed by atoms with van der Waals surface area (Å²) in [4.78, 5) is 4.22. The number of aromatic nitrogens is 1. The van der Waals surface area contributed by atoms with Crippen LogP contribution in [0.15, 0.2) is 23.6 Å². The smallest absolute Gasteiger partial charge is 0.183 e. The van der Waals surface area contributed by atoms with Crippen LogP contribution in [0.1, 0.15) is 16.8 Å². The van der Waals surface area contributed by atoms with Gasteiger partial charge in [-0.1, -0.05) is 6.07 Å². The van der Waals surface area contributed by atoms with Gasteiger partial charge in [-0.25, -0.2) is 9.37 Å². The molecule has 0 saturated heterocycles. The summed E-state index contributed by atoms with van der Waals surface area (Å²) in [7, 11) is 0. The van der Waals surface area contributed by atoms with E-state index in [0.717, 1.165) is 10.8 Å². The van der Waals surface area contributed by atoms with Crippen molar-refractivity contribution in [3.8, 4) is 6.07 Å². The molecule has 2 rings (SSSR count). The molecule has 0 aliphatic heterocycles. The lowest BCUT2D eigenvalue weighted by molar-refractivity contribution is 0.612. The molecule has 0 amide bonds. The number of rotatable bonds is 3. The molecule has 86 valence electrons. The Labute approximate surface area is 103 Å². The van der Waals surface area contributed by atoms with E-state index in [1.807, 2.05) is 18.4 Å². The van der Waals surface area contributed by atoms with Gasteiger partial charge in [0.2, 0.25) is 0 Å². The van der Waals surface area contributed by atoms with E-state index in [1.165, 1.54) is 17.4 Å². The van der Waals surface area contributed by atoms with Crippen LogP contribution < -0.4 is 5.32 Å². The maximum Gasteiger partial charge on any atom is 0.183 e. The molecule has 0 aliphatic rings. The number of thiazole rings is 1. The van der Waals surface area contributed by atoms with Gasteiger partial charge in [0, 0.05) is 17.5 Å². The van der Waals surface area contributed by atoms with Crippen molar-refractivity contribution in [2.75, 3.05) is 5.32 Å². The van der Waals surface area contributed by atoms with E-state index < -0.39 is 0 Å². The minimum atomic E-state index is -0.371. The van der Waals surface area contributed by atoms with Gasteiger partial charge in [-0.3, -0.25) is 0 Å². The Hall–Kier alpha value is -1.93. The predicted molar refractivity (Wildman–Crippen MR) is 65.3 cm³/mol. The summed E-state index contributed by atoms with van der Waals surface area (Å²) in [5.41, 5.74) is 1.80. The van der Waals surface area contributed by atoms with E-state index in [4.69, 9.17) is 5.26 Å².